The molecule has 0 amide bonds. The summed E-state index contributed by atoms with van der Waals surface area (Å²) in [5.74, 6) is -0.0996. The lowest BCUT2D eigenvalue weighted by Crippen LogP contribution is -2.43. The number of nitro groups is 1. The molecule has 0 saturated heterocycles. The minimum Gasteiger partial charge on any atom is -0.471 e. The summed E-state index contributed by atoms with van der Waals surface area (Å²) in [5.41, 5.74) is -0.360. The van der Waals surface area contributed by atoms with Gasteiger partial charge in [0.2, 0.25) is 5.28 Å². The van der Waals surface area contributed by atoms with Gasteiger partial charge in [-0.3, -0.25) is 10.1 Å². The molecule has 0 aliphatic rings. The van der Waals surface area contributed by atoms with E-state index in [0.717, 1.165) is 0 Å². The Hall–Kier alpha value is -1.47. The van der Waals surface area contributed by atoms with Crippen LogP contribution in [0.5, 0.6) is 5.88 Å². The SMILES string of the molecule is Cc1nc(Cl)nc(OCC(C)(C)N(C)C)c1[N+](=O)[O-]. The fraction of sp³-hybridized carbons (Fsp3) is 0.636. The highest BCUT2D eigenvalue weighted by Crippen LogP contribution is 2.29. The quantitative estimate of drug-likeness (QED) is 0.469. The van der Waals surface area contributed by atoms with Gasteiger partial charge in [0.25, 0.3) is 5.88 Å². The van der Waals surface area contributed by atoms with E-state index in [-0.39, 0.29) is 34.7 Å². The maximum atomic E-state index is 11.0. The molecule has 0 N–H and O–H groups in total. The summed E-state index contributed by atoms with van der Waals surface area (Å²) < 4.78 is 5.47. The first-order valence-corrected chi connectivity index (χ1v) is 6.01. The second-order valence-corrected chi connectivity index (χ2v) is 5.32. The van der Waals surface area contributed by atoms with Gasteiger partial charge in [-0.1, -0.05) is 0 Å². The molecular weight excluding hydrogens is 272 g/mol. The lowest BCUT2D eigenvalue weighted by Gasteiger charge is -2.31. The van der Waals surface area contributed by atoms with E-state index in [1.54, 1.807) is 0 Å². The Kier molecular flexibility index (Phi) is 4.65. The standard InChI is InChI=1S/C11H17ClN4O3/c1-7-8(16(17)18)9(14-10(12)13-7)19-6-11(2,3)15(4)5/h6H2,1-5H3. The highest BCUT2D eigenvalue weighted by atomic mass is 35.5. The summed E-state index contributed by atoms with van der Waals surface area (Å²) in [6, 6.07) is 0. The van der Waals surface area contributed by atoms with Crippen LogP contribution in [-0.4, -0.2) is 46.0 Å². The van der Waals surface area contributed by atoms with E-state index < -0.39 is 4.92 Å². The first-order chi connectivity index (χ1) is 8.65. The second kappa shape index (κ2) is 5.66. The Morgan fingerprint density at radius 2 is 2.00 bits per heavy atom. The first kappa shape index (κ1) is 15.6. The van der Waals surface area contributed by atoms with Crippen LogP contribution in [0.1, 0.15) is 19.5 Å². The zero-order valence-corrected chi connectivity index (χ0v) is 12.4. The summed E-state index contributed by atoms with van der Waals surface area (Å²) in [6.07, 6.45) is 0. The Bertz CT molecular complexity index is 491. The predicted octanol–water partition coefficient (Wildman–Crippen LogP) is 2.07. The van der Waals surface area contributed by atoms with Crippen molar-refractivity contribution >= 4 is 17.3 Å². The van der Waals surface area contributed by atoms with E-state index >= 15 is 0 Å². The minimum absolute atomic E-state index is 0.0687. The van der Waals surface area contributed by atoms with Crippen LogP contribution in [0.2, 0.25) is 5.28 Å². The van der Waals surface area contributed by atoms with Crippen LogP contribution < -0.4 is 4.74 Å². The number of nitrogens with zero attached hydrogens (tertiary/aromatic N) is 4. The molecule has 19 heavy (non-hydrogen) atoms. The highest BCUT2D eigenvalue weighted by Gasteiger charge is 2.27. The number of likely N-dealkylation sites (N-methyl/N-ethyl adjacent to an activating group) is 1. The summed E-state index contributed by atoms with van der Waals surface area (Å²) in [5, 5.41) is 10.9. The van der Waals surface area contributed by atoms with Gasteiger partial charge in [-0.15, -0.1) is 0 Å². The minimum atomic E-state index is -0.566. The maximum absolute atomic E-state index is 11.0. The molecule has 0 atom stereocenters. The van der Waals surface area contributed by atoms with Crippen molar-refractivity contribution in [2.75, 3.05) is 20.7 Å². The van der Waals surface area contributed by atoms with Crippen LogP contribution in [0.25, 0.3) is 0 Å². The van der Waals surface area contributed by atoms with Crippen LogP contribution in [0.3, 0.4) is 0 Å². The van der Waals surface area contributed by atoms with Crippen LogP contribution in [-0.2, 0) is 0 Å². The van der Waals surface area contributed by atoms with Gasteiger partial charge in [0.15, 0.2) is 0 Å². The molecule has 8 heteroatoms. The molecule has 0 spiro atoms. The average Bonchev–Trinajstić information content (AvgIpc) is 2.24. The zero-order valence-electron chi connectivity index (χ0n) is 11.6. The Morgan fingerprint density at radius 3 is 2.47 bits per heavy atom. The number of aromatic nitrogens is 2. The van der Waals surface area contributed by atoms with E-state index in [9.17, 15) is 10.1 Å². The molecule has 0 bridgehead atoms. The van der Waals surface area contributed by atoms with Gasteiger partial charge < -0.3 is 9.64 Å². The molecule has 0 aliphatic carbocycles. The van der Waals surface area contributed by atoms with Crippen molar-refractivity contribution < 1.29 is 9.66 Å². The van der Waals surface area contributed by atoms with Crippen LogP contribution >= 0.6 is 11.6 Å². The van der Waals surface area contributed by atoms with E-state index in [2.05, 4.69) is 9.97 Å². The summed E-state index contributed by atoms with van der Waals surface area (Å²) in [6.45, 7) is 5.65. The highest BCUT2D eigenvalue weighted by molar-refractivity contribution is 6.28. The van der Waals surface area contributed by atoms with Gasteiger partial charge in [-0.2, -0.15) is 4.98 Å². The number of aryl methyl sites for hydroxylation is 1. The largest absolute Gasteiger partial charge is 0.471 e. The second-order valence-electron chi connectivity index (χ2n) is 4.98. The van der Waals surface area contributed by atoms with Crippen molar-refractivity contribution in [3.63, 3.8) is 0 Å². The van der Waals surface area contributed by atoms with Gasteiger partial charge in [-0.25, -0.2) is 4.98 Å². The summed E-state index contributed by atoms with van der Waals surface area (Å²) in [4.78, 5) is 19.9. The van der Waals surface area contributed by atoms with E-state index in [4.69, 9.17) is 16.3 Å². The number of hydrogen-bond donors (Lipinski definition) is 0. The Labute approximate surface area is 116 Å². The number of hydrogen-bond acceptors (Lipinski definition) is 6. The molecule has 1 rings (SSSR count). The van der Waals surface area contributed by atoms with Gasteiger partial charge in [0.05, 0.1) is 4.92 Å². The summed E-state index contributed by atoms with van der Waals surface area (Å²) >= 11 is 5.70. The van der Waals surface area contributed by atoms with Crippen molar-refractivity contribution in [2.24, 2.45) is 0 Å². The van der Waals surface area contributed by atoms with Crippen molar-refractivity contribution in [1.82, 2.24) is 14.9 Å². The molecule has 7 nitrogen and oxygen atoms in total. The van der Waals surface area contributed by atoms with Crippen molar-refractivity contribution in [1.29, 1.82) is 0 Å². The van der Waals surface area contributed by atoms with Crippen LogP contribution in [0.4, 0.5) is 5.69 Å². The van der Waals surface area contributed by atoms with E-state index in [1.807, 2.05) is 32.8 Å². The van der Waals surface area contributed by atoms with E-state index in [0.29, 0.717) is 0 Å². The average molecular weight is 289 g/mol. The number of rotatable bonds is 5. The number of halogens is 1. The molecule has 0 radical (unpaired) electrons. The van der Waals surface area contributed by atoms with E-state index in [1.165, 1.54) is 6.92 Å². The lowest BCUT2D eigenvalue weighted by atomic mass is 10.1. The molecule has 1 heterocycles. The maximum Gasteiger partial charge on any atom is 0.352 e. The molecule has 0 fully saturated rings. The van der Waals surface area contributed by atoms with Crippen molar-refractivity contribution in [3.8, 4) is 5.88 Å². The smallest absolute Gasteiger partial charge is 0.352 e. The third-order valence-corrected chi connectivity index (χ3v) is 3.12. The molecule has 0 aliphatic heterocycles. The fourth-order valence-corrected chi connectivity index (χ4v) is 1.40. The molecule has 1 aromatic heterocycles. The summed E-state index contributed by atoms with van der Waals surface area (Å²) in [7, 11) is 3.80. The van der Waals surface area contributed by atoms with Crippen molar-refractivity contribution in [2.45, 2.75) is 26.3 Å². The Balaban J connectivity index is 3.04. The first-order valence-electron chi connectivity index (χ1n) is 5.64. The third kappa shape index (κ3) is 3.74. The third-order valence-electron chi connectivity index (χ3n) is 2.95. The van der Waals surface area contributed by atoms with Crippen LogP contribution in [0.15, 0.2) is 0 Å². The predicted molar refractivity (Wildman–Crippen MR) is 71.7 cm³/mol. The Morgan fingerprint density at radius 1 is 1.42 bits per heavy atom. The zero-order chi connectivity index (χ0) is 14.8. The topological polar surface area (TPSA) is 81.4 Å². The molecule has 0 saturated carbocycles. The molecule has 0 unspecified atom stereocenters. The van der Waals surface area contributed by atoms with Gasteiger partial charge in [0.1, 0.15) is 12.3 Å². The lowest BCUT2D eigenvalue weighted by molar-refractivity contribution is -0.387. The molecule has 0 aromatic carbocycles. The normalized spacial score (nSPS) is 11.7. The van der Waals surface area contributed by atoms with Gasteiger partial charge in [0, 0.05) is 5.54 Å². The molecule has 106 valence electrons. The van der Waals surface area contributed by atoms with Crippen molar-refractivity contribution in [3.05, 3.63) is 21.1 Å². The number of ether oxygens (including phenoxy) is 1. The van der Waals surface area contributed by atoms with Gasteiger partial charge in [-0.05, 0) is 46.5 Å². The molecule has 1 aromatic rings. The monoisotopic (exact) mass is 288 g/mol. The molecular formula is C11H17ClN4O3. The van der Waals surface area contributed by atoms with Gasteiger partial charge >= 0.3 is 5.69 Å². The fourth-order valence-electron chi connectivity index (χ4n) is 1.19. The van der Waals surface area contributed by atoms with Crippen LogP contribution in [0, 0.1) is 17.0 Å².